The average Bonchev–Trinajstić information content (AvgIpc) is 2.46. The van der Waals surface area contributed by atoms with Gasteiger partial charge in [-0.1, -0.05) is 91.6 Å². The predicted molar refractivity (Wildman–Crippen MR) is 96.8 cm³/mol. The fourth-order valence-corrected chi connectivity index (χ4v) is 3.72. The summed E-state index contributed by atoms with van der Waals surface area (Å²) in [5.41, 5.74) is 5.21. The predicted octanol–water partition coefficient (Wildman–Crippen LogP) is 7.07. The van der Waals surface area contributed by atoms with E-state index in [1.807, 2.05) is 18.2 Å². The minimum Gasteiger partial charge on any atom is -0.0840 e. The van der Waals surface area contributed by atoms with Crippen LogP contribution in [-0.2, 0) is 0 Å². The van der Waals surface area contributed by atoms with Gasteiger partial charge in [0, 0.05) is 5.02 Å². The molecule has 0 aliphatic heterocycles. The van der Waals surface area contributed by atoms with Crippen LogP contribution in [0.1, 0.15) is 66.6 Å². The van der Waals surface area contributed by atoms with Crippen molar-refractivity contribution in [1.29, 1.82) is 0 Å². The van der Waals surface area contributed by atoms with Gasteiger partial charge < -0.3 is 0 Å². The lowest BCUT2D eigenvalue weighted by Crippen LogP contribution is -2.03. The van der Waals surface area contributed by atoms with Gasteiger partial charge in [0.1, 0.15) is 0 Å². The largest absolute Gasteiger partial charge is 0.0840 e. The first-order chi connectivity index (χ1) is 9.91. The minimum absolute atomic E-state index is 0.129. The molecule has 0 heterocycles. The van der Waals surface area contributed by atoms with Crippen molar-refractivity contribution in [1.82, 2.24) is 0 Å². The van der Waals surface area contributed by atoms with Crippen molar-refractivity contribution in [3.8, 4) is 0 Å². The monoisotopic (exact) mass is 364 g/mol. The number of benzene rings is 2. The molecular weight excluding hydrogens is 344 g/mol. The summed E-state index contributed by atoms with van der Waals surface area (Å²) in [6, 6.07) is 14.9. The van der Waals surface area contributed by atoms with Gasteiger partial charge in [-0.15, -0.1) is 0 Å². The summed E-state index contributed by atoms with van der Waals surface area (Å²) >= 11 is 10.2. The van der Waals surface area contributed by atoms with E-state index < -0.39 is 0 Å². The maximum atomic E-state index is 6.35. The van der Waals surface area contributed by atoms with Crippen molar-refractivity contribution >= 4 is 27.5 Å². The molecular formula is C19H22BrCl. The Morgan fingerprint density at radius 1 is 0.810 bits per heavy atom. The number of hydrogen-bond donors (Lipinski definition) is 0. The van der Waals surface area contributed by atoms with Crippen LogP contribution >= 0.6 is 27.5 Å². The lowest BCUT2D eigenvalue weighted by atomic mass is 9.89. The van der Waals surface area contributed by atoms with Crippen LogP contribution in [0.2, 0.25) is 5.02 Å². The minimum atomic E-state index is 0.129. The van der Waals surface area contributed by atoms with Gasteiger partial charge in [0.2, 0.25) is 0 Å². The number of hydrogen-bond acceptors (Lipinski definition) is 0. The van der Waals surface area contributed by atoms with Crippen molar-refractivity contribution in [2.24, 2.45) is 0 Å². The maximum Gasteiger partial charge on any atom is 0.0661 e. The molecule has 0 amide bonds. The molecule has 0 spiro atoms. The van der Waals surface area contributed by atoms with E-state index in [9.17, 15) is 0 Å². The van der Waals surface area contributed by atoms with E-state index in [1.165, 1.54) is 16.7 Å². The van der Waals surface area contributed by atoms with E-state index in [2.05, 4.69) is 67.9 Å². The molecule has 21 heavy (non-hydrogen) atoms. The zero-order valence-corrected chi connectivity index (χ0v) is 15.4. The molecule has 0 N–H and O–H groups in total. The summed E-state index contributed by atoms with van der Waals surface area (Å²) in [6.07, 6.45) is 0. The van der Waals surface area contributed by atoms with Crippen LogP contribution in [0.25, 0.3) is 0 Å². The topological polar surface area (TPSA) is 0 Å². The first-order valence-electron chi connectivity index (χ1n) is 7.44. The fraction of sp³-hybridized carbons (Fsp3) is 0.368. The van der Waals surface area contributed by atoms with Crippen LogP contribution in [0.15, 0.2) is 42.5 Å². The second-order valence-corrected chi connectivity index (χ2v) is 7.40. The molecule has 0 aliphatic carbocycles. The molecule has 0 nitrogen and oxygen atoms in total. The van der Waals surface area contributed by atoms with Crippen molar-refractivity contribution in [2.75, 3.05) is 0 Å². The Bertz CT molecular complexity index is 617. The Hall–Kier alpha value is -0.790. The normalized spacial score (nSPS) is 13.0. The summed E-state index contributed by atoms with van der Waals surface area (Å²) in [5.74, 6) is 1.03. The van der Waals surface area contributed by atoms with E-state index in [-0.39, 0.29) is 4.83 Å². The smallest absolute Gasteiger partial charge is 0.0661 e. The first-order valence-corrected chi connectivity index (χ1v) is 8.73. The van der Waals surface area contributed by atoms with Crippen LogP contribution in [-0.4, -0.2) is 0 Å². The van der Waals surface area contributed by atoms with E-state index in [4.69, 9.17) is 11.6 Å². The van der Waals surface area contributed by atoms with Gasteiger partial charge in [-0.2, -0.15) is 0 Å². The lowest BCUT2D eigenvalue weighted by Gasteiger charge is -2.21. The molecule has 112 valence electrons. The maximum absolute atomic E-state index is 6.35. The standard InChI is InChI=1S/C19H22BrCl/c1-12(2)14-9-10-15(17(11-14)13(3)4)19(20)16-7-5-6-8-18(16)21/h5-13,19H,1-4H3. The molecule has 1 unspecified atom stereocenters. The molecule has 0 saturated carbocycles. The summed E-state index contributed by atoms with van der Waals surface area (Å²) in [5, 5.41) is 0.807. The Morgan fingerprint density at radius 2 is 1.48 bits per heavy atom. The Kier molecular flexibility index (Phi) is 5.51. The van der Waals surface area contributed by atoms with Gasteiger partial charge in [-0.25, -0.2) is 0 Å². The summed E-state index contributed by atoms with van der Waals surface area (Å²) in [4.78, 5) is 0.129. The highest BCUT2D eigenvalue weighted by Crippen LogP contribution is 2.39. The quantitative estimate of drug-likeness (QED) is 0.508. The number of halogens is 2. The van der Waals surface area contributed by atoms with Crippen molar-refractivity contribution in [3.63, 3.8) is 0 Å². The first kappa shape index (κ1) is 16.6. The molecule has 2 aromatic carbocycles. The van der Waals surface area contributed by atoms with Crippen LogP contribution in [0.5, 0.6) is 0 Å². The molecule has 1 atom stereocenters. The molecule has 0 aliphatic rings. The second kappa shape index (κ2) is 6.98. The molecule has 0 aromatic heterocycles. The van der Waals surface area contributed by atoms with Gasteiger partial charge >= 0.3 is 0 Å². The summed E-state index contributed by atoms with van der Waals surface area (Å²) in [6.45, 7) is 8.96. The lowest BCUT2D eigenvalue weighted by molar-refractivity contribution is 0.820. The van der Waals surface area contributed by atoms with Gasteiger partial charge in [0.25, 0.3) is 0 Å². The zero-order valence-electron chi connectivity index (χ0n) is 13.0. The molecule has 2 rings (SSSR count). The number of rotatable bonds is 4. The van der Waals surface area contributed by atoms with E-state index in [0.29, 0.717) is 11.8 Å². The highest BCUT2D eigenvalue weighted by Gasteiger charge is 2.19. The Balaban J connectivity index is 2.50. The van der Waals surface area contributed by atoms with Gasteiger partial charge in [0.05, 0.1) is 4.83 Å². The zero-order chi connectivity index (χ0) is 15.6. The number of alkyl halides is 1. The van der Waals surface area contributed by atoms with E-state index >= 15 is 0 Å². The molecule has 2 aromatic rings. The van der Waals surface area contributed by atoms with Crippen molar-refractivity contribution < 1.29 is 0 Å². The highest BCUT2D eigenvalue weighted by atomic mass is 79.9. The third-order valence-corrected chi connectivity index (χ3v) is 5.18. The molecule has 2 heteroatoms. The molecule has 0 bridgehead atoms. The third-order valence-electron chi connectivity index (χ3n) is 3.85. The third kappa shape index (κ3) is 3.70. The Labute approximate surface area is 141 Å². The van der Waals surface area contributed by atoms with Crippen molar-refractivity contribution in [3.05, 3.63) is 69.7 Å². The summed E-state index contributed by atoms with van der Waals surface area (Å²) in [7, 11) is 0. The van der Waals surface area contributed by atoms with Crippen LogP contribution in [0.4, 0.5) is 0 Å². The second-order valence-electron chi connectivity index (χ2n) is 6.08. The molecule has 0 radical (unpaired) electrons. The highest BCUT2D eigenvalue weighted by molar-refractivity contribution is 9.09. The summed E-state index contributed by atoms with van der Waals surface area (Å²) < 4.78 is 0. The van der Waals surface area contributed by atoms with Gasteiger partial charge in [0.15, 0.2) is 0 Å². The average molecular weight is 366 g/mol. The van der Waals surface area contributed by atoms with Crippen LogP contribution in [0, 0.1) is 0 Å². The fourth-order valence-electron chi connectivity index (χ4n) is 2.53. The van der Waals surface area contributed by atoms with E-state index in [1.54, 1.807) is 0 Å². The van der Waals surface area contributed by atoms with Crippen molar-refractivity contribution in [2.45, 2.75) is 44.4 Å². The van der Waals surface area contributed by atoms with Gasteiger partial charge in [-0.3, -0.25) is 0 Å². The van der Waals surface area contributed by atoms with E-state index in [0.717, 1.165) is 10.6 Å². The van der Waals surface area contributed by atoms with Crippen LogP contribution in [0.3, 0.4) is 0 Å². The molecule has 0 fully saturated rings. The Morgan fingerprint density at radius 3 is 2.05 bits per heavy atom. The van der Waals surface area contributed by atoms with Crippen LogP contribution < -0.4 is 0 Å². The van der Waals surface area contributed by atoms with Gasteiger partial charge in [-0.05, 0) is 40.2 Å². The SMILES string of the molecule is CC(C)c1ccc(C(Br)c2ccccc2Cl)c(C(C)C)c1. The molecule has 0 saturated heterocycles.